The molecule has 294 valence electrons. The molecule has 7 rings (SSSR count). The highest BCUT2D eigenvalue weighted by atomic mass is 16.5. The molecular weight excluding hydrogens is 741 g/mol. The molecule has 0 saturated heterocycles. The Morgan fingerprint density at radius 1 is 0.367 bits per heavy atom. The smallest absolute Gasteiger partial charge is 0.335 e. The zero-order chi connectivity index (χ0) is 41.8. The van der Waals surface area contributed by atoms with E-state index in [0.717, 1.165) is 68.5 Å². The van der Waals surface area contributed by atoms with Gasteiger partial charge in [-0.3, -0.25) is 0 Å². The standard InChI is InChI=1S/C54H44N2O4/c1-5-53(57)59-51-35-31-49(32-36-51)55(45-23-7-39(3)8-24-45)47-27-19-43(20-28-47)17-15-41-11-13-42(14-12-41)16-18-44-21-29-48(30-22-44)56(46-25-9-40(4)10-26-46)50-33-37-52(38-34-50)60-54(58)6-2/h5-38H,1-2H2,3-4H3/b17-15-,18-16+. The van der Waals surface area contributed by atoms with E-state index in [4.69, 9.17) is 9.47 Å². The van der Waals surface area contributed by atoms with E-state index in [-0.39, 0.29) is 0 Å². The minimum atomic E-state index is -0.493. The Morgan fingerprint density at radius 2 is 0.583 bits per heavy atom. The lowest BCUT2D eigenvalue weighted by molar-refractivity contribution is -0.129. The number of aryl methyl sites for hydroxylation is 2. The van der Waals surface area contributed by atoms with Crippen LogP contribution in [-0.4, -0.2) is 11.9 Å². The van der Waals surface area contributed by atoms with Crippen LogP contribution in [0.25, 0.3) is 24.3 Å². The van der Waals surface area contributed by atoms with Gasteiger partial charge < -0.3 is 19.3 Å². The molecule has 6 nitrogen and oxygen atoms in total. The first-order chi connectivity index (χ1) is 29.2. The first-order valence-electron chi connectivity index (χ1n) is 19.5. The molecule has 0 aliphatic heterocycles. The average Bonchev–Trinajstić information content (AvgIpc) is 3.28. The second-order valence-electron chi connectivity index (χ2n) is 14.1. The van der Waals surface area contributed by atoms with E-state index in [2.05, 4.69) is 182 Å². The van der Waals surface area contributed by atoms with Crippen LogP contribution in [0.1, 0.15) is 33.4 Å². The molecule has 0 atom stereocenters. The van der Waals surface area contributed by atoms with E-state index in [0.29, 0.717) is 11.5 Å². The number of hydrogen-bond acceptors (Lipinski definition) is 6. The van der Waals surface area contributed by atoms with Crippen molar-refractivity contribution in [2.75, 3.05) is 9.80 Å². The zero-order valence-electron chi connectivity index (χ0n) is 33.6. The summed E-state index contributed by atoms with van der Waals surface area (Å²) in [6.45, 7) is 11.1. The van der Waals surface area contributed by atoms with Crippen molar-refractivity contribution in [1.82, 2.24) is 0 Å². The first kappa shape index (κ1) is 40.2. The average molecular weight is 785 g/mol. The third kappa shape index (κ3) is 10.3. The van der Waals surface area contributed by atoms with Crippen LogP contribution >= 0.6 is 0 Å². The first-order valence-corrected chi connectivity index (χ1v) is 19.5. The molecule has 0 spiro atoms. The Bertz CT molecular complexity index is 2440. The van der Waals surface area contributed by atoms with Crippen molar-refractivity contribution in [2.45, 2.75) is 13.8 Å². The van der Waals surface area contributed by atoms with Crippen molar-refractivity contribution in [1.29, 1.82) is 0 Å². The van der Waals surface area contributed by atoms with E-state index >= 15 is 0 Å². The molecule has 0 aromatic heterocycles. The number of rotatable bonds is 14. The van der Waals surface area contributed by atoms with E-state index in [1.165, 1.54) is 11.1 Å². The van der Waals surface area contributed by atoms with Crippen LogP contribution in [-0.2, 0) is 9.59 Å². The fraction of sp³-hybridized carbons (Fsp3) is 0.0370. The van der Waals surface area contributed by atoms with Gasteiger partial charge >= 0.3 is 11.9 Å². The van der Waals surface area contributed by atoms with Crippen LogP contribution < -0.4 is 19.3 Å². The van der Waals surface area contributed by atoms with Crippen LogP contribution in [0.2, 0.25) is 0 Å². The molecule has 0 N–H and O–H groups in total. The highest BCUT2D eigenvalue weighted by molar-refractivity contribution is 5.85. The predicted molar refractivity (Wildman–Crippen MR) is 248 cm³/mol. The van der Waals surface area contributed by atoms with Gasteiger partial charge in [0, 0.05) is 46.3 Å². The quantitative estimate of drug-likeness (QED) is 0.0474. The van der Waals surface area contributed by atoms with Crippen molar-refractivity contribution >= 4 is 70.4 Å². The minimum absolute atomic E-state index is 0.460. The molecule has 7 aromatic carbocycles. The van der Waals surface area contributed by atoms with Crippen LogP contribution in [0.3, 0.4) is 0 Å². The van der Waals surface area contributed by atoms with Crippen molar-refractivity contribution in [3.8, 4) is 11.5 Å². The van der Waals surface area contributed by atoms with Gasteiger partial charge in [0.2, 0.25) is 0 Å². The fourth-order valence-electron chi connectivity index (χ4n) is 6.50. The lowest BCUT2D eigenvalue weighted by Gasteiger charge is -2.26. The molecule has 0 aliphatic rings. The highest BCUT2D eigenvalue weighted by Gasteiger charge is 2.15. The second kappa shape index (κ2) is 19.0. The van der Waals surface area contributed by atoms with Crippen molar-refractivity contribution < 1.29 is 19.1 Å². The molecule has 0 unspecified atom stereocenters. The molecule has 0 radical (unpaired) electrons. The Labute approximate surface area is 351 Å². The van der Waals surface area contributed by atoms with Crippen LogP contribution in [0.5, 0.6) is 11.5 Å². The number of carbonyl (C=O) groups is 2. The summed E-state index contributed by atoms with van der Waals surface area (Å²) in [6.07, 6.45) is 10.8. The summed E-state index contributed by atoms with van der Waals surface area (Å²) in [6, 6.07) is 57.0. The van der Waals surface area contributed by atoms with Gasteiger partial charge in [-0.05, 0) is 133 Å². The lowest BCUT2D eigenvalue weighted by Crippen LogP contribution is -2.10. The minimum Gasteiger partial charge on any atom is -0.423 e. The summed E-state index contributed by atoms with van der Waals surface area (Å²) < 4.78 is 10.6. The summed E-state index contributed by atoms with van der Waals surface area (Å²) >= 11 is 0. The number of anilines is 6. The molecule has 6 heteroatoms. The Kier molecular flexibility index (Phi) is 12.7. The van der Waals surface area contributed by atoms with E-state index in [1.807, 2.05) is 24.3 Å². The van der Waals surface area contributed by atoms with E-state index in [9.17, 15) is 9.59 Å². The number of benzene rings is 7. The maximum atomic E-state index is 11.7. The van der Waals surface area contributed by atoms with E-state index < -0.39 is 11.9 Å². The summed E-state index contributed by atoms with van der Waals surface area (Å²) in [5.74, 6) is -0.0659. The second-order valence-corrected chi connectivity index (χ2v) is 14.1. The number of nitrogens with zero attached hydrogens (tertiary/aromatic N) is 2. The third-order valence-electron chi connectivity index (χ3n) is 9.72. The van der Waals surface area contributed by atoms with Crippen molar-refractivity contribution in [3.05, 3.63) is 229 Å². The van der Waals surface area contributed by atoms with Crippen LogP contribution in [0.15, 0.2) is 195 Å². The summed E-state index contributed by atoms with van der Waals surface area (Å²) in [4.78, 5) is 27.7. The molecule has 0 heterocycles. The normalized spacial score (nSPS) is 11.0. The number of carbonyl (C=O) groups excluding carboxylic acids is 2. The molecule has 0 saturated carbocycles. The highest BCUT2D eigenvalue weighted by Crippen LogP contribution is 2.37. The molecular formula is C54H44N2O4. The molecule has 7 aromatic rings. The SMILES string of the molecule is C=CC(=O)Oc1ccc(N(c2ccc(C)cc2)c2ccc(/C=C\c3ccc(/C=C/c4ccc(N(c5ccc(C)cc5)c5ccc(OC(=O)C=C)cc5)cc4)cc3)cc2)cc1. The van der Waals surface area contributed by atoms with E-state index in [1.54, 1.807) is 24.3 Å². The van der Waals surface area contributed by atoms with Gasteiger partial charge in [-0.2, -0.15) is 0 Å². The molecule has 60 heavy (non-hydrogen) atoms. The van der Waals surface area contributed by atoms with Gasteiger partial charge in [0.05, 0.1) is 0 Å². The Balaban J connectivity index is 1.02. The summed E-state index contributed by atoms with van der Waals surface area (Å²) in [5, 5.41) is 0. The van der Waals surface area contributed by atoms with Crippen molar-refractivity contribution in [2.24, 2.45) is 0 Å². The Morgan fingerprint density at radius 3 is 0.833 bits per heavy atom. The summed E-state index contributed by atoms with van der Waals surface area (Å²) in [5.41, 5.74) is 12.6. The maximum Gasteiger partial charge on any atom is 0.335 e. The third-order valence-corrected chi connectivity index (χ3v) is 9.72. The number of esters is 2. The topological polar surface area (TPSA) is 59.1 Å². The van der Waals surface area contributed by atoms with Crippen LogP contribution in [0, 0.1) is 13.8 Å². The lowest BCUT2D eigenvalue weighted by atomic mass is 10.1. The van der Waals surface area contributed by atoms with Gasteiger partial charge in [0.15, 0.2) is 0 Å². The molecule has 0 bridgehead atoms. The summed E-state index contributed by atoms with van der Waals surface area (Å²) in [7, 11) is 0. The van der Waals surface area contributed by atoms with Crippen LogP contribution in [0.4, 0.5) is 34.1 Å². The molecule has 0 aliphatic carbocycles. The van der Waals surface area contributed by atoms with Crippen molar-refractivity contribution in [3.63, 3.8) is 0 Å². The monoisotopic (exact) mass is 784 g/mol. The fourth-order valence-corrected chi connectivity index (χ4v) is 6.50. The van der Waals surface area contributed by atoms with Gasteiger partial charge in [-0.15, -0.1) is 0 Å². The number of hydrogen-bond donors (Lipinski definition) is 0. The molecule has 0 fully saturated rings. The Hall–Kier alpha value is -7.96. The number of ether oxygens (including phenoxy) is 2. The predicted octanol–water partition coefficient (Wildman–Crippen LogP) is 13.8. The van der Waals surface area contributed by atoms with Gasteiger partial charge in [-0.25, -0.2) is 9.59 Å². The largest absolute Gasteiger partial charge is 0.423 e. The van der Waals surface area contributed by atoms with Gasteiger partial charge in [0.25, 0.3) is 0 Å². The van der Waals surface area contributed by atoms with Gasteiger partial charge in [0.1, 0.15) is 11.5 Å². The maximum absolute atomic E-state index is 11.7. The zero-order valence-corrected chi connectivity index (χ0v) is 33.6. The molecule has 0 amide bonds. The van der Waals surface area contributed by atoms with Gasteiger partial charge in [-0.1, -0.05) is 121 Å².